The number of allylic oxidation sites excluding steroid dienone is 8. The van der Waals surface area contributed by atoms with Gasteiger partial charge in [-0.25, -0.2) is 9.13 Å². The predicted molar refractivity (Wildman–Crippen MR) is 400 cm³/mol. The van der Waals surface area contributed by atoms with E-state index in [9.17, 15) is 43.2 Å². The van der Waals surface area contributed by atoms with Crippen molar-refractivity contribution >= 4 is 39.5 Å². The van der Waals surface area contributed by atoms with Crippen molar-refractivity contribution in [3.05, 3.63) is 48.6 Å². The zero-order valence-electron chi connectivity index (χ0n) is 62.9. The Morgan fingerprint density at radius 1 is 0.316 bits per heavy atom. The minimum atomic E-state index is -4.97. The van der Waals surface area contributed by atoms with Gasteiger partial charge in [0.05, 0.1) is 26.4 Å². The lowest BCUT2D eigenvalue weighted by Gasteiger charge is -2.21. The molecule has 2 unspecified atom stereocenters. The van der Waals surface area contributed by atoms with Gasteiger partial charge in [-0.3, -0.25) is 37.3 Å². The Kier molecular flexibility index (Phi) is 68.9. The van der Waals surface area contributed by atoms with Gasteiger partial charge in [0, 0.05) is 25.7 Å². The van der Waals surface area contributed by atoms with E-state index >= 15 is 0 Å². The molecule has 5 atom stereocenters. The van der Waals surface area contributed by atoms with Crippen molar-refractivity contribution in [1.82, 2.24) is 0 Å². The number of rotatable bonds is 75. The summed E-state index contributed by atoms with van der Waals surface area (Å²) in [5.41, 5.74) is 0. The van der Waals surface area contributed by atoms with Crippen LogP contribution >= 0.6 is 15.6 Å². The lowest BCUT2D eigenvalue weighted by Crippen LogP contribution is -2.30. The molecule has 0 aromatic rings. The van der Waals surface area contributed by atoms with E-state index in [4.69, 9.17) is 37.0 Å². The zero-order chi connectivity index (χ0) is 71.9. The molecule has 0 aromatic heterocycles. The molecule has 17 nitrogen and oxygen atoms in total. The van der Waals surface area contributed by atoms with Crippen molar-refractivity contribution < 1.29 is 80.2 Å². The Bertz CT molecular complexity index is 2060. The number of aliphatic hydroxyl groups is 1. The number of hydrogen-bond donors (Lipinski definition) is 3. The molecule has 0 aliphatic carbocycles. The molecule has 0 aliphatic rings. The van der Waals surface area contributed by atoms with E-state index in [0.29, 0.717) is 25.7 Å². The number of unbranched alkanes of at least 4 members (excludes halogenated alkanes) is 41. The fourth-order valence-corrected chi connectivity index (χ4v) is 12.7. The number of ether oxygens (including phenoxy) is 4. The second-order valence-corrected chi connectivity index (χ2v) is 30.5. The van der Waals surface area contributed by atoms with E-state index in [1.165, 1.54) is 161 Å². The number of aliphatic hydroxyl groups excluding tert-OH is 1. The van der Waals surface area contributed by atoms with E-state index in [0.717, 1.165) is 128 Å². The van der Waals surface area contributed by atoms with Crippen LogP contribution in [0.25, 0.3) is 0 Å². The highest BCUT2D eigenvalue weighted by Gasteiger charge is 2.30. The van der Waals surface area contributed by atoms with E-state index < -0.39 is 97.5 Å². The summed E-state index contributed by atoms with van der Waals surface area (Å²) in [4.78, 5) is 72.9. The van der Waals surface area contributed by atoms with E-state index in [1.54, 1.807) is 0 Å². The van der Waals surface area contributed by atoms with Gasteiger partial charge in [-0.1, -0.05) is 314 Å². The van der Waals surface area contributed by atoms with Crippen molar-refractivity contribution in [3.8, 4) is 0 Å². The van der Waals surface area contributed by atoms with Crippen LogP contribution < -0.4 is 0 Å². The van der Waals surface area contributed by atoms with Crippen LogP contribution in [0.4, 0.5) is 0 Å². The molecule has 0 heterocycles. The quantitative estimate of drug-likeness (QED) is 0.0169. The van der Waals surface area contributed by atoms with Crippen molar-refractivity contribution in [3.63, 3.8) is 0 Å². The van der Waals surface area contributed by atoms with Crippen LogP contribution in [0.1, 0.15) is 369 Å². The van der Waals surface area contributed by atoms with Crippen LogP contribution in [0, 0.1) is 5.92 Å². The maximum Gasteiger partial charge on any atom is 0.472 e. The fourth-order valence-electron chi connectivity index (χ4n) is 11.2. The second kappa shape index (κ2) is 71.0. The zero-order valence-corrected chi connectivity index (χ0v) is 64.7. The van der Waals surface area contributed by atoms with Gasteiger partial charge in [-0.05, 0) is 83.0 Å². The summed E-state index contributed by atoms with van der Waals surface area (Å²) in [7, 11) is -9.94. The number of phosphoric acid groups is 2. The second-order valence-electron chi connectivity index (χ2n) is 27.6. The summed E-state index contributed by atoms with van der Waals surface area (Å²) >= 11 is 0. The third kappa shape index (κ3) is 71.4. The van der Waals surface area contributed by atoms with Crippen LogP contribution in [-0.2, 0) is 65.4 Å². The first-order chi connectivity index (χ1) is 47.5. The molecule has 0 aliphatic heterocycles. The molecule has 0 aromatic carbocycles. The van der Waals surface area contributed by atoms with Crippen LogP contribution in [-0.4, -0.2) is 96.7 Å². The molecule has 3 N–H and O–H groups in total. The molecule has 0 fully saturated rings. The Labute approximate surface area is 597 Å². The molecule has 19 heteroatoms. The first-order valence-electron chi connectivity index (χ1n) is 39.8. The van der Waals surface area contributed by atoms with Crippen LogP contribution in [0.5, 0.6) is 0 Å². The summed E-state index contributed by atoms with van der Waals surface area (Å²) in [6.07, 6.45) is 66.7. The smallest absolute Gasteiger partial charge is 0.462 e. The van der Waals surface area contributed by atoms with Crippen molar-refractivity contribution in [2.24, 2.45) is 5.92 Å². The highest BCUT2D eigenvalue weighted by atomic mass is 31.2. The first kappa shape index (κ1) is 95.0. The number of esters is 4. The average molecular weight is 1430 g/mol. The largest absolute Gasteiger partial charge is 0.472 e. The maximum absolute atomic E-state index is 13.1. The topological polar surface area (TPSA) is 237 Å². The Balaban J connectivity index is 5.33. The molecule has 0 saturated heterocycles. The Morgan fingerprint density at radius 3 is 0.837 bits per heavy atom. The molecule has 0 amide bonds. The molecular weight excluding hydrogens is 1280 g/mol. The molecule has 0 spiro atoms. The third-order valence-electron chi connectivity index (χ3n) is 17.3. The highest BCUT2D eigenvalue weighted by Crippen LogP contribution is 2.45. The van der Waals surface area contributed by atoms with Gasteiger partial charge < -0.3 is 33.8 Å². The average Bonchev–Trinajstić information content (AvgIpc) is 1.11. The van der Waals surface area contributed by atoms with Gasteiger partial charge in [0.15, 0.2) is 12.2 Å². The summed E-state index contributed by atoms with van der Waals surface area (Å²) in [5.74, 6) is -1.43. The monoisotopic (exact) mass is 1430 g/mol. The summed E-state index contributed by atoms with van der Waals surface area (Å²) in [6.45, 7) is 7.16. The number of hydrogen-bond acceptors (Lipinski definition) is 15. The summed E-state index contributed by atoms with van der Waals surface area (Å²) in [5, 5.41) is 10.6. The number of phosphoric ester groups is 2. The lowest BCUT2D eigenvalue weighted by molar-refractivity contribution is -0.161. The molecule has 0 radical (unpaired) electrons. The van der Waals surface area contributed by atoms with E-state index in [1.807, 2.05) is 0 Å². The van der Waals surface area contributed by atoms with Gasteiger partial charge in [0.1, 0.15) is 19.3 Å². The molecular formula is C79H146O17P2. The van der Waals surface area contributed by atoms with Crippen molar-refractivity contribution in [2.45, 2.75) is 387 Å². The Morgan fingerprint density at radius 2 is 0.551 bits per heavy atom. The minimum absolute atomic E-state index is 0.0826. The Hall–Kier alpha value is -2.98. The van der Waals surface area contributed by atoms with Gasteiger partial charge in [-0.15, -0.1) is 0 Å². The van der Waals surface area contributed by atoms with Crippen LogP contribution in [0.3, 0.4) is 0 Å². The van der Waals surface area contributed by atoms with Crippen molar-refractivity contribution in [1.29, 1.82) is 0 Å². The van der Waals surface area contributed by atoms with Crippen LogP contribution in [0.15, 0.2) is 48.6 Å². The first-order valence-corrected chi connectivity index (χ1v) is 42.8. The van der Waals surface area contributed by atoms with Gasteiger partial charge in [0.2, 0.25) is 0 Å². The SMILES string of the molecule is CCCCCC/C=C\C=C/CCCCCCCC(=O)OC[C@H](COP(=O)(O)OC[C@@H](O)COP(=O)(O)OC[C@@H](COC(=O)CCCCCCCCCCCC(C)C)OC(=O)CCCCCCC/C=C\C=C/CCCCCC)OC(=O)CCCCCCCCCCCCCCCCCC. The summed E-state index contributed by atoms with van der Waals surface area (Å²) < 4.78 is 68.6. The predicted octanol–water partition coefficient (Wildman–Crippen LogP) is 22.8. The van der Waals surface area contributed by atoms with E-state index in [2.05, 4.69) is 83.2 Å². The standard InChI is InChI=1S/C79H146O17P2/c1-6-9-12-15-18-21-24-27-30-33-36-39-44-50-55-60-65-79(84)95-74(68-89-76(81)62-57-52-47-42-37-34-31-28-25-22-19-16-13-10-7-2)70-93-97(85,86)91-66-73(80)67-92-98(87,88)94-71-75(69-90-77(82)63-58-53-48-45-40-41-46-51-56-61-72(4)5)96-78(83)64-59-54-49-43-38-35-32-29-26-23-20-17-14-11-8-3/h22-23,25-26,28-29,31-32,72-75,80H,6-21,24,27,30,33-71H2,1-5H3,(H,85,86)(H,87,88)/b25-22-,26-23-,31-28-,32-29-/t73-,74-,75-/m1/s1. The number of carbonyl (C=O) groups excluding carboxylic acids is 4. The maximum atomic E-state index is 13.1. The molecule has 0 rings (SSSR count). The number of carbonyl (C=O) groups is 4. The lowest BCUT2D eigenvalue weighted by atomic mass is 10.0. The highest BCUT2D eigenvalue weighted by molar-refractivity contribution is 7.47. The molecule has 574 valence electrons. The molecule has 98 heavy (non-hydrogen) atoms. The fraction of sp³-hybridized carbons (Fsp3) is 0.848. The third-order valence-corrected chi connectivity index (χ3v) is 19.2. The molecule has 0 saturated carbocycles. The van der Waals surface area contributed by atoms with Crippen molar-refractivity contribution in [2.75, 3.05) is 39.6 Å². The van der Waals surface area contributed by atoms with Gasteiger partial charge in [0.25, 0.3) is 0 Å². The normalized spacial score (nSPS) is 14.2. The molecule has 0 bridgehead atoms. The van der Waals surface area contributed by atoms with Crippen LogP contribution in [0.2, 0.25) is 0 Å². The van der Waals surface area contributed by atoms with Gasteiger partial charge >= 0.3 is 39.5 Å². The van der Waals surface area contributed by atoms with E-state index in [-0.39, 0.29) is 25.7 Å². The minimum Gasteiger partial charge on any atom is -0.462 e. The summed E-state index contributed by atoms with van der Waals surface area (Å²) in [6, 6.07) is 0. The van der Waals surface area contributed by atoms with Gasteiger partial charge in [-0.2, -0.15) is 0 Å².